The molecule has 144 valence electrons. The Kier molecular flexibility index (Phi) is 6.02. The third kappa shape index (κ3) is 4.79. The third-order valence-electron chi connectivity index (χ3n) is 5.15. The molecule has 0 aromatic heterocycles. The van der Waals surface area contributed by atoms with Crippen molar-refractivity contribution >= 4 is 15.7 Å². The van der Waals surface area contributed by atoms with Crippen LogP contribution in [0.3, 0.4) is 0 Å². The second-order valence-electron chi connectivity index (χ2n) is 7.49. The Balaban J connectivity index is 1.67. The number of nitrogens with zero attached hydrogens (tertiary/aromatic N) is 1. The van der Waals surface area contributed by atoms with Crippen molar-refractivity contribution in [1.82, 2.24) is 4.90 Å². The van der Waals surface area contributed by atoms with Gasteiger partial charge >= 0.3 is 0 Å². The Bertz CT molecular complexity index is 872. The first-order valence-corrected chi connectivity index (χ1v) is 10.9. The lowest BCUT2D eigenvalue weighted by Gasteiger charge is -2.14. The molecule has 0 aliphatic carbocycles. The topological polar surface area (TPSA) is 49.4 Å². The van der Waals surface area contributed by atoms with E-state index in [1.165, 1.54) is 5.56 Å². The zero-order valence-corrected chi connectivity index (χ0v) is 16.9. The van der Waals surface area contributed by atoms with E-state index in [0.29, 0.717) is 17.5 Å². The molecule has 1 saturated heterocycles. The number of hydrogen-bond acceptors (Lipinski definition) is 3. The number of anilines is 1. The summed E-state index contributed by atoms with van der Waals surface area (Å²) in [5.74, 6) is 0.874. The Morgan fingerprint density at radius 3 is 2.41 bits per heavy atom. The summed E-state index contributed by atoms with van der Waals surface area (Å²) in [5.41, 5.74) is 2.97. The summed E-state index contributed by atoms with van der Waals surface area (Å²) in [4.78, 5) is 2.67. The van der Waals surface area contributed by atoms with Crippen LogP contribution >= 0.6 is 0 Å². The molecule has 3 rings (SSSR count). The van der Waals surface area contributed by atoms with Crippen LogP contribution in [0.5, 0.6) is 0 Å². The van der Waals surface area contributed by atoms with Gasteiger partial charge in [-0.05, 0) is 60.2 Å². The second-order valence-corrected chi connectivity index (χ2v) is 9.17. The summed E-state index contributed by atoms with van der Waals surface area (Å²) >= 11 is 0. The number of likely N-dealkylation sites (tertiary alicyclic amines) is 1. The average molecular weight is 385 g/mol. The van der Waals surface area contributed by atoms with Gasteiger partial charge in [-0.25, -0.2) is 8.42 Å². The normalized spacial score (nSPS) is 18.0. The predicted octanol–water partition coefficient (Wildman–Crippen LogP) is 4.59. The summed E-state index contributed by atoms with van der Waals surface area (Å²) in [6.07, 6.45) is 3.06. The maximum atomic E-state index is 12.6. The summed E-state index contributed by atoms with van der Waals surface area (Å²) in [5, 5.41) is 0. The standard InChI is InChI=1S/C22H28N2O2S/c1-4-14-24-15-13-20(16-24)19-5-9-21(10-6-19)23-27(25,26)22-11-7-18(8-12-22)17(2)3/h4-12,17,20,23H,1,13-16H2,2-3H3. The molecule has 1 atom stereocenters. The Labute approximate surface area is 163 Å². The first kappa shape index (κ1) is 19.6. The number of nitrogens with one attached hydrogen (secondary N) is 1. The summed E-state index contributed by atoms with van der Waals surface area (Å²) in [7, 11) is -3.57. The van der Waals surface area contributed by atoms with Crippen molar-refractivity contribution in [2.24, 2.45) is 0 Å². The minimum atomic E-state index is -3.57. The van der Waals surface area contributed by atoms with Crippen molar-refractivity contribution in [2.75, 3.05) is 24.4 Å². The van der Waals surface area contributed by atoms with Crippen molar-refractivity contribution in [3.8, 4) is 0 Å². The van der Waals surface area contributed by atoms with E-state index in [4.69, 9.17) is 0 Å². The summed E-state index contributed by atoms with van der Waals surface area (Å²) in [6.45, 7) is 11.0. The van der Waals surface area contributed by atoms with E-state index in [-0.39, 0.29) is 4.90 Å². The molecule has 0 spiro atoms. The Morgan fingerprint density at radius 1 is 1.15 bits per heavy atom. The molecular formula is C22H28N2O2S. The van der Waals surface area contributed by atoms with Gasteiger partial charge in [-0.15, -0.1) is 6.58 Å². The Morgan fingerprint density at radius 2 is 1.81 bits per heavy atom. The first-order valence-electron chi connectivity index (χ1n) is 9.45. The SMILES string of the molecule is C=CCN1CCC(c2ccc(NS(=O)(=O)c3ccc(C(C)C)cc3)cc2)C1. The number of rotatable bonds is 7. The van der Waals surface area contributed by atoms with Crippen LogP contribution in [-0.2, 0) is 10.0 Å². The van der Waals surface area contributed by atoms with Gasteiger partial charge in [-0.2, -0.15) is 0 Å². The smallest absolute Gasteiger partial charge is 0.261 e. The van der Waals surface area contributed by atoms with Crippen molar-refractivity contribution in [2.45, 2.75) is 37.0 Å². The highest BCUT2D eigenvalue weighted by Gasteiger charge is 2.23. The molecule has 0 saturated carbocycles. The number of sulfonamides is 1. The average Bonchev–Trinajstić information content (AvgIpc) is 3.11. The van der Waals surface area contributed by atoms with E-state index < -0.39 is 10.0 Å². The second kappa shape index (κ2) is 8.28. The molecule has 27 heavy (non-hydrogen) atoms. The fourth-order valence-electron chi connectivity index (χ4n) is 3.52. The van der Waals surface area contributed by atoms with Crippen LogP contribution in [0.2, 0.25) is 0 Å². The van der Waals surface area contributed by atoms with Gasteiger partial charge in [0.2, 0.25) is 0 Å². The molecule has 0 radical (unpaired) electrons. The molecular weight excluding hydrogens is 356 g/mol. The molecule has 1 unspecified atom stereocenters. The molecule has 2 aromatic carbocycles. The van der Waals surface area contributed by atoms with Gasteiger partial charge < -0.3 is 0 Å². The van der Waals surface area contributed by atoms with Crippen molar-refractivity contribution in [3.05, 3.63) is 72.3 Å². The van der Waals surface area contributed by atoms with E-state index in [2.05, 4.69) is 30.0 Å². The minimum absolute atomic E-state index is 0.284. The van der Waals surface area contributed by atoms with Gasteiger partial charge in [-0.1, -0.05) is 44.2 Å². The van der Waals surface area contributed by atoms with Crippen molar-refractivity contribution in [1.29, 1.82) is 0 Å². The fourth-order valence-corrected chi connectivity index (χ4v) is 4.58. The van der Waals surface area contributed by atoms with Crippen LogP contribution in [0.25, 0.3) is 0 Å². The highest BCUT2D eigenvalue weighted by Crippen LogP contribution is 2.28. The molecule has 0 amide bonds. The zero-order valence-electron chi connectivity index (χ0n) is 16.1. The van der Waals surface area contributed by atoms with Crippen LogP contribution in [-0.4, -0.2) is 33.0 Å². The molecule has 0 bridgehead atoms. The highest BCUT2D eigenvalue weighted by atomic mass is 32.2. The lowest BCUT2D eigenvalue weighted by molar-refractivity contribution is 0.372. The number of hydrogen-bond donors (Lipinski definition) is 1. The van der Waals surface area contributed by atoms with Gasteiger partial charge in [0.1, 0.15) is 0 Å². The van der Waals surface area contributed by atoms with Crippen LogP contribution in [0.4, 0.5) is 5.69 Å². The van der Waals surface area contributed by atoms with Crippen LogP contribution in [0.15, 0.2) is 66.1 Å². The first-order chi connectivity index (χ1) is 12.9. The monoisotopic (exact) mass is 384 g/mol. The van der Waals surface area contributed by atoms with Gasteiger partial charge in [0, 0.05) is 18.8 Å². The molecule has 5 heteroatoms. The quantitative estimate of drug-likeness (QED) is 0.711. The predicted molar refractivity (Wildman–Crippen MR) is 112 cm³/mol. The molecule has 1 fully saturated rings. The minimum Gasteiger partial charge on any atom is -0.299 e. The van der Waals surface area contributed by atoms with Crippen LogP contribution in [0, 0.1) is 0 Å². The Hall–Kier alpha value is -2.11. The molecule has 4 nitrogen and oxygen atoms in total. The third-order valence-corrected chi connectivity index (χ3v) is 6.55. The lowest BCUT2D eigenvalue weighted by Crippen LogP contribution is -2.19. The van der Waals surface area contributed by atoms with E-state index in [9.17, 15) is 8.42 Å². The fraction of sp³-hybridized carbons (Fsp3) is 0.364. The van der Waals surface area contributed by atoms with Gasteiger partial charge in [0.25, 0.3) is 10.0 Å². The summed E-state index contributed by atoms with van der Waals surface area (Å²) < 4.78 is 27.9. The van der Waals surface area contributed by atoms with Crippen molar-refractivity contribution in [3.63, 3.8) is 0 Å². The lowest BCUT2D eigenvalue weighted by atomic mass is 9.98. The largest absolute Gasteiger partial charge is 0.299 e. The van der Waals surface area contributed by atoms with E-state index in [1.54, 1.807) is 12.1 Å². The summed E-state index contributed by atoms with van der Waals surface area (Å²) in [6, 6.07) is 14.8. The molecule has 2 aromatic rings. The molecule has 1 heterocycles. The number of benzene rings is 2. The van der Waals surface area contributed by atoms with Crippen LogP contribution in [0.1, 0.15) is 43.2 Å². The van der Waals surface area contributed by atoms with Gasteiger partial charge in [0.05, 0.1) is 4.90 Å². The maximum Gasteiger partial charge on any atom is 0.261 e. The van der Waals surface area contributed by atoms with Gasteiger partial charge in [0.15, 0.2) is 0 Å². The molecule has 1 N–H and O–H groups in total. The molecule has 1 aliphatic rings. The molecule has 1 aliphatic heterocycles. The zero-order chi connectivity index (χ0) is 19.4. The van der Waals surface area contributed by atoms with Crippen molar-refractivity contribution < 1.29 is 8.42 Å². The van der Waals surface area contributed by atoms with Crippen LogP contribution < -0.4 is 4.72 Å². The van der Waals surface area contributed by atoms with Gasteiger partial charge in [-0.3, -0.25) is 9.62 Å². The van der Waals surface area contributed by atoms with E-state index in [0.717, 1.165) is 31.6 Å². The van der Waals surface area contributed by atoms with E-state index >= 15 is 0 Å². The van der Waals surface area contributed by atoms with E-state index in [1.807, 2.05) is 42.5 Å². The highest BCUT2D eigenvalue weighted by molar-refractivity contribution is 7.92. The maximum absolute atomic E-state index is 12.6.